The Balaban J connectivity index is 2.06. The summed E-state index contributed by atoms with van der Waals surface area (Å²) in [5.41, 5.74) is 2.56. The van der Waals surface area contributed by atoms with Gasteiger partial charge in [0.2, 0.25) is 0 Å². The summed E-state index contributed by atoms with van der Waals surface area (Å²) in [7, 11) is 0. The molecule has 0 unspecified atom stereocenters. The first-order valence-electron chi connectivity index (χ1n) is 5.80. The number of nitrogens with one attached hydrogen (secondary N) is 1. The van der Waals surface area contributed by atoms with E-state index in [9.17, 15) is 4.79 Å². The number of nitrogens with zero attached hydrogens (tertiary/aromatic N) is 3. The van der Waals surface area contributed by atoms with Gasteiger partial charge in [-0.05, 0) is 24.6 Å². The first-order valence-corrected chi connectivity index (χ1v) is 6.17. The normalized spacial score (nSPS) is 11.1. The molecule has 3 rings (SSSR count). The van der Waals surface area contributed by atoms with Crippen LogP contribution in [-0.2, 0) is 6.54 Å². The smallest absolute Gasteiger partial charge is 0.282 e. The van der Waals surface area contributed by atoms with Crippen molar-refractivity contribution < 1.29 is 0 Å². The van der Waals surface area contributed by atoms with Gasteiger partial charge in [0.1, 0.15) is 5.52 Å². The third-order valence-corrected chi connectivity index (χ3v) is 3.18. The maximum atomic E-state index is 12.2. The lowest BCUT2D eigenvalue weighted by molar-refractivity contribution is 0.746. The quantitative estimate of drug-likeness (QED) is 0.779. The number of H-pyrrole nitrogens is 1. The fraction of sp³-hybridized carbons (Fsp3) is 0.154. The molecule has 1 N–H and O–H groups in total. The van der Waals surface area contributed by atoms with Gasteiger partial charge in [-0.1, -0.05) is 23.7 Å². The van der Waals surface area contributed by atoms with Crippen LogP contribution in [0.2, 0.25) is 5.02 Å². The van der Waals surface area contributed by atoms with Gasteiger partial charge in [-0.25, -0.2) is 4.98 Å². The first kappa shape index (κ1) is 11.9. The van der Waals surface area contributed by atoms with Crippen molar-refractivity contribution in [3.63, 3.8) is 0 Å². The molecule has 0 aliphatic rings. The summed E-state index contributed by atoms with van der Waals surface area (Å²) in [6.07, 6.45) is 1.54. The monoisotopic (exact) mass is 274 g/mol. The fourth-order valence-electron chi connectivity index (χ4n) is 1.99. The molecule has 0 saturated heterocycles. The zero-order chi connectivity index (χ0) is 13.4. The number of fused-ring (bicyclic) bond motifs is 1. The Morgan fingerprint density at radius 2 is 2.21 bits per heavy atom. The summed E-state index contributed by atoms with van der Waals surface area (Å²) in [4.78, 5) is 16.5. The second kappa shape index (κ2) is 4.51. The summed E-state index contributed by atoms with van der Waals surface area (Å²) in [5.74, 6) is 0. The molecule has 2 heterocycles. The van der Waals surface area contributed by atoms with Crippen LogP contribution in [0.1, 0.15) is 11.3 Å². The molecular weight excluding hydrogens is 264 g/mol. The Labute approximate surface area is 113 Å². The fourth-order valence-corrected chi connectivity index (χ4v) is 2.20. The van der Waals surface area contributed by atoms with Crippen LogP contribution in [0.25, 0.3) is 11.0 Å². The van der Waals surface area contributed by atoms with Gasteiger partial charge in [-0.2, -0.15) is 5.10 Å². The highest BCUT2D eigenvalue weighted by Gasteiger charge is 2.09. The lowest BCUT2D eigenvalue weighted by Crippen LogP contribution is -2.21. The molecule has 96 valence electrons. The molecule has 0 fully saturated rings. The standard InChI is InChI=1S/C13H11ClN4O/c1-8-11-12(17-16-8)13(19)18(7-15-11)6-9-3-2-4-10(14)5-9/h2-5,7H,6H2,1H3,(H,16,17). The Morgan fingerprint density at radius 1 is 1.37 bits per heavy atom. The number of hydrogen-bond donors (Lipinski definition) is 1. The minimum Gasteiger partial charge on any atom is -0.293 e. The van der Waals surface area contributed by atoms with Gasteiger partial charge in [-0.15, -0.1) is 0 Å². The highest BCUT2D eigenvalue weighted by molar-refractivity contribution is 6.30. The van der Waals surface area contributed by atoms with Crippen LogP contribution in [0.3, 0.4) is 0 Å². The molecule has 0 amide bonds. The van der Waals surface area contributed by atoms with E-state index >= 15 is 0 Å². The maximum Gasteiger partial charge on any atom is 0.282 e. The van der Waals surface area contributed by atoms with E-state index in [1.807, 2.05) is 25.1 Å². The summed E-state index contributed by atoms with van der Waals surface area (Å²) < 4.78 is 1.52. The molecule has 0 aliphatic heterocycles. The van der Waals surface area contributed by atoms with Crippen LogP contribution < -0.4 is 5.56 Å². The number of aromatic nitrogens is 4. The Morgan fingerprint density at radius 3 is 3.00 bits per heavy atom. The minimum atomic E-state index is -0.158. The van der Waals surface area contributed by atoms with E-state index in [1.54, 1.807) is 6.07 Å². The Bertz CT molecular complexity index is 806. The van der Waals surface area contributed by atoms with E-state index in [1.165, 1.54) is 10.9 Å². The highest BCUT2D eigenvalue weighted by Crippen LogP contribution is 2.12. The van der Waals surface area contributed by atoms with Gasteiger partial charge >= 0.3 is 0 Å². The molecule has 0 bridgehead atoms. The molecule has 0 spiro atoms. The van der Waals surface area contributed by atoms with Gasteiger partial charge < -0.3 is 0 Å². The number of hydrogen-bond acceptors (Lipinski definition) is 3. The zero-order valence-corrected chi connectivity index (χ0v) is 11.0. The van der Waals surface area contributed by atoms with Gasteiger partial charge in [0.15, 0.2) is 5.52 Å². The second-order valence-corrected chi connectivity index (χ2v) is 4.79. The number of aromatic amines is 1. The maximum absolute atomic E-state index is 12.2. The van der Waals surface area contributed by atoms with Crippen molar-refractivity contribution in [2.24, 2.45) is 0 Å². The number of benzene rings is 1. The van der Waals surface area contributed by atoms with E-state index in [4.69, 9.17) is 11.6 Å². The molecule has 5 nitrogen and oxygen atoms in total. The largest absolute Gasteiger partial charge is 0.293 e. The molecule has 3 aromatic rings. The molecular formula is C13H11ClN4O. The lowest BCUT2D eigenvalue weighted by Gasteiger charge is -2.05. The van der Waals surface area contributed by atoms with E-state index in [-0.39, 0.29) is 5.56 Å². The summed E-state index contributed by atoms with van der Waals surface area (Å²) in [6.45, 7) is 2.26. The van der Waals surface area contributed by atoms with Crippen molar-refractivity contribution in [2.75, 3.05) is 0 Å². The molecule has 19 heavy (non-hydrogen) atoms. The van der Waals surface area contributed by atoms with Gasteiger partial charge in [0.25, 0.3) is 5.56 Å². The Hall–Kier alpha value is -2.14. The second-order valence-electron chi connectivity index (χ2n) is 4.35. The average molecular weight is 275 g/mol. The molecule has 2 aromatic heterocycles. The lowest BCUT2D eigenvalue weighted by atomic mass is 10.2. The van der Waals surface area contributed by atoms with Gasteiger partial charge in [0, 0.05) is 5.02 Å². The van der Waals surface area contributed by atoms with Crippen LogP contribution in [0.4, 0.5) is 0 Å². The number of rotatable bonds is 2. The summed E-state index contributed by atoms with van der Waals surface area (Å²) in [5, 5.41) is 7.41. The third-order valence-electron chi connectivity index (χ3n) is 2.95. The van der Waals surface area contributed by atoms with Gasteiger partial charge in [0.05, 0.1) is 18.6 Å². The Kier molecular flexibility index (Phi) is 2.83. The van der Waals surface area contributed by atoms with Crippen molar-refractivity contribution in [1.82, 2.24) is 19.7 Å². The zero-order valence-electron chi connectivity index (χ0n) is 10.2. The van der Waals surface area contributed by atoms with Crippen molar-refractivity contribution in [2.45, 2.75) is 13.5 Å². The van der Waals surface area contributed by atoms with Crippen molar-refractivity contribution in [1.29, 1.82) is 0 Å². The number of aryl methyl sites for hydroxylation is 1. The van der Waals surface area contributed by atoms with Crippen molar-refractivity contribution >= 4 is 22.6 Å². The highest BCUT2D eigenvalue weighted by atomic mass is 35.5. The summed E-state index contributed by atoms with van der Waals surface area (Å²) >= 11 is 5.93. The predicted molar refractivity (Wildman–Crippen MR) is 73.4 cm³/mol. The van der Waals surface area contributed by atoms with Crippen LogP contribution in [0.5, 0.6) is 0 Å². The van der Waals surface area contributed by atoms with Crippen molar-refractivity contribution in [3.8, 4) is 0 Å². The molecule has 0 saturated carbocycles. The van der Waals surface area contributed by atoms with E-state index in [2.05, 4.69) is 15.2 Å². The number of halogens is 1. The summed E-state index contributed by atoms with van der Waals surface area (Å²) in [6, 6.07) is 7.39. The third kappa shape index (κ3) is 2.13. The van der Waals surface area contributed by atoms with Crippen LogP contribution in [0, 0.1) is 6.92 Å². The van der Waals surface area contributed by atoms with E-state index in [0.29, 0.717) is 22.6 Å². The van der Waals surface area contributed by atoms with Crippen molar-refractivity contribution in [3.05, 3.63) is 57.2 Å². The van der Waals surface area contributed by atoms with Crippen LogP contribution in [0.15, 0.2) is 35.4 Å². The van der Waals surface area contributed by atoms with Crippen LogP contribution >= 0.6 is 11.6 Å². The molecule has 1 aromatic carbocycles. The first-order chi connectivity index (χ1) is 9.15. The van der Waals surface area contributed by atoms with E-state index in [0.717, 1.165) is 11.3 Å². The van der Waals surface area contributed by atoms with Crippen LogP contribution in [-0.4, -0.2) is 19.7 Å². The average Bonchev–Trinajstić information content (AvgIpc) is 2.76. The molecule has 0 radical (unpaired) electrons. The molecule has 0 aliphatic carbocycles. The van der Waals surface area contributed by atoms with Gasteiger partial charge in [-0.3, -0.25) is 14.5 Å². The van der Waals surface area contributed by atoms with E-state index < -0.39 is 0 Å². The molecule has 6 heteroatoms. The minimum absolute atomic E-state index is 0.158. The molecule has 0 atom stereocenters. The predicted octanol–water partition coefficient (Wildman–Crippen LogP) is 2.13. The topological polar surface area (TPSA) is 63.6 Å². The SMILES string of the molecule is Cc1[nH]nc2c(=O)n(Cc3cccc(Cl)c3)cnc12.